The smallest absolute Gasteiger partial charge is 0.105 e. The van der Waals surface area contributed by atoms with Crippen LogP contribution in [0.1, 0.15) is 12.0 Å². The van der Waals surface area contributed by atoms with Crippen LogP contribution in [0, 0.1) is 6.92 Å². The number of nitrogens with zero attached hydrogens (tertiary/aromatic N) is 2. The van der Waals surface area contributed by atoms with Crippen LogP contribution in [0.2, 0.25) is 0 Å². The fraction of sp³-hybridized carbons (Fsp3) is 0.364. The van der Waals surface area contributed by atoms with Crippen LogP contribution in [0.15, 0.2) is 24.8 Å². The Labute approximate surface area is 89.1 Å². The number of hydrogen-bond donors (Lipinski definition) is 2. The molecule has 80 valence electrons. The number of hydrogen-bond acceptors (Lipinski definition) is 2. The van der Waals surface area contributed by atoms with Crippen LogP contribution in [0.25, 0.3) is 11.4 Å². The lowest BCUT2D eigenvalue weighted by atomic mass is 10.2. The summed E-state index contributed by atoms with van der Waals surface area (Å²) in [6.07, 6.45) is 6.82. The van der Waals surface area contributed by atoms with Crippen LogP contribution in [0.5, 0.6) is 0 Å². The molecule has 0 bridgehead atoms. The first-order valence-corrected chi connectivity index (χ1v) is 5.17. The van der Waals surface area contributed by atoms with Gasteiger partial charge in [-0.25, -0.2) is 4.98 Å². The van der Waals surface area contributed by atoms with Gasteiger partial charge in [0.15, 0.2) is 0 Å². The molecule has 0 fully saturated rings. The summed E-state index contributed by atoms with van der Waals surface area (Å²) >= 11 is 0. The van der Waals surface area contributed by atoms with Crippen molar-refractivity contribution < 1.29 is 0 Å². The van der Waals surface area contributed by atoms with E-state index in [2.05, 4.69) is 27.7 Å². The zero-order valence-corrected chi connectivity index (χ0v) is 8.90. The number of nitrogens with one attached hydrogen (secondary N) is 1. The van der Waals surface area contributed by atoms with Crippen LogP contribution in [-0.4, -0.2) is 21.1 Å². The maximum atomic E-state index is 5.46. The van der Waals surface area contributed by atoms with Crippen LogP contribution in [-0.2, 0) is 6.54 Å². The Kier molecular flexibility index (Phi) is 2.87. The summed E-state index contributed by atoms with van der Waals surface area (Å²) in [5.41, 5.74) is 8.78. The summed E-state index contributed by atoms with van der Waals surface area (Å²) in [7, 11) is 0. The van der Waals surface area contributed by atoms with Crippen molar-refractivity contribution in [2.75, 3.05) is 6.54 Å². The average Bonchev–Trinajstić information content (AvgIpc) is 2.83. The fourth-order valence-corrected chi connectivity index (χ4v) is 1.61. The van der Waals surface area contributed by atoms with Gasteiger partial charge in [-0.3, -0.25) is 0 Å². The second-order valence-corrected chi connectivity index (χ2v) is 3.67. The summed E-state index contributed by atoms with van der Waals surface area (Å²) in [5, 5.41) is 0. The molecule has 2 aromatic rings. The minimum atomic E-state index is 0.717. The average molecular weight is 204 g/mol. The van der Waals surface area contributed by atoms with Crippen LogP contribution < -0.4 is 5.73 Å². The molecular formula is C11H16N4. The Morgan fingerprint density at radius 3 is 3.07 bits per heavy atom. The van der Waals surface area contributed by atoms with Crippen LogP contribution in [0.3, 0.4) is 0 Å². The van der Waals surface area contributed by atoms with Gasteiger partial charge in [-0.2, -0.15) is 0 Å². The number of imidazole rings is 1. The van der Waals surface area contributed by atoms with Crippen LogP contribution in [0.4, 0.5) is 0 Å². The molecule has 2 rings (SSSR count). The highest BCUT2D eigenvalue weighted by Crippen LogP contribution is 2.18. The first-order chi connectivity index (χ1) is 7.31. The molecule has 0 aliphatic heterocycles. The molecular weight excluding hydrogens is 188 g/mol. The molecule has 0 saturated carbocycles. The van der Waals surface area contributed by atoms with Gasteiger partial charge in [-0.05, 0) is 31.5 Å². The van der Waals surface area contributed by atoms with E-state index in [9.17, 15) is 0 Å². The van der Waals surface area contributed by atoms with Crippen molar-refractivity contribution in [2.45, 2.75) is 19.9 Å². The third-order valence-corrected chi connectivity index (χ3v) is 2.47. The molecule has 0 atom stereocenters. The minimum Gasteiger partial charge on any atom is -0.360 e. The summed E-state index contributed by atoms with van der Waals surface area (Å²) in [4.78, 5) is 7.55. The Morgan fingerprint density at radius 2 is 2.40 bits per heavy atom. The van der Waals surface area contributed by atoms with Crippen molar-refractivity contribution in [3.63, 3.8) is 0 Å². The molecule has 0 radical (unpaired) electrons. The van der Waals surface area contributed by atoms with E-state index in [0.717, 1.165) is 30.9 Å². The zero-order valence-electron chi connectivity index (χ0n) is 8.90. The molecule has 0 aromatic carbocycles. The van der Waals surface area contributed by atoms with Crippen molar-refractivity contribution in [3.05, 3.63) is 30.4 Å². The first-order valence-electron chi connectivity index (χ1n) is 5.17. The Morgan fingerprint density at radius 1 is 1.53 bits per heavy atom. The van der Waals surface area contributed by atoms with Crippen LogP contribution >= 0.6 is 0 Å². The fourth-order valence-electron chi connectivity index (χ4n) is 1.61. The summed E-state index contributed by atoms with van der Waals surface area (Å²) in [5.74, 6) is 0. The second-order valence-electron chi connectivity index (χ2n) is 3.67. The Balaban J connectivity index is 2.17. The lowest BCUT2D eigenvalue weighted by Crippen LogP contribution is -2.03. The number of aryl methyl sites for hydroxylation is 2. The van der Waals surface area contributed by atoms with Gasteiger partial charge in [-0.1, -0.05) is 0 Å². The first kappa shape index (κ1) is 9.98. The van der Waals surface area contributed by atoms with Gasteiger partial charge in [0.2, 0.25) is 0 Å². The van der Waals surface area contributed by atoms with Crippen molar-refractivity contribution in [1.29, 1.82) is 0 Å². The van der Waals surface area contributed by atoms with Crippen molar-refractivity contribution in [1.82, 2.24) is 14.5 Å². The van der Waals surface area contributed by atoms with Gasteiger partial charge in [0.1, 0.15) is 5.69 Å². The van der Waals surface area contributed by atoms with E-state index in [1.807, 2.05) is 18.6 Å². The number of H-pyrrole nitrogens is 1. The topological polar surface area (TPSA) is 59.6 Å². The number of aromatic amines is 1. The maximum Gasteiger partial charge on any atom is 0.105 e. The molecule has 2 heterocycles. The van der Waals surface area contributed by atoms with E-state index in [0.29, 0.717) is 0 Å². The molecule has 0 aliphatic rings. The second kappa shape index (κ2) is 4.31. The molecule has 3 N–H and O–H groups in total. The van der Waals surface area contributed by atoms with Gasteiger partial charge < -0.3 is 15.3 Å². The van der Waals surface area contributed by atoms with Gasteiger partial charge in [-0.15, -0.1) is 0 Å². The molecule has 0 spiro atoms. The van der Waals surface area contributed by atoms with Gasteiger partial charge in [0, 0.05) is 18.9 Å². The standard InChI is InChI=1S/C11H16N4/c1-9-3-5-13-11(9)10-7-15(8-14-10)6-2-4-12/h3,5,7-8,13H,2,4,6,12H2,1H3. The molecule has 0 aliphatic carbocycles. The van der Waals surface area contributed by atoms with Crippen molar-refractivity contribution in [3.8, 4) is 11.4 Å². The highest BCUT2D eigenvalue weighted by Gasteiger charge is 2.05. The quantitative estimate of drug-likeness (QED) is 0.793. The van der Waals surface area contributed by atoms with E-state index in [1.54, 1.807) is 0 Å². The molecule has 0 unspecified atom stereocenters. The van der Waals surface area contributed by atoms with E-state index in [1.165, 1.54) is 5.56 Å². The Bertz CT molecular complexity index is 427. The zero-order chi connectivity index (χ0) is 10.7. The predicted octanol–water partition coefficient (Wildman–Crippen LogP) is 1.54. The molecule has 2 aromatic heterocycles. The van der Waals surface area contributed by atoms with E-state index < -0.39 is 0 Å². The number of rotatable bonds is 4. The van der Waals surface area contributed by atoms with E-state index >= 15 is 0 Å². The molecule has 15 heavy (non-hydrogen) atoms. The molecule has 0 amide bonds. The molecule has 4 heteroatoms. The van der Waals surface area contributed by atoms with E-state index in [4.69, 9.17) is 5.73 Å². The van der Waals surface area contributed by atoms with Crippen molar-refractivity contribution in [2.24, 2.45) is 5.73 Å². The highest BCUT2D eigenvalue weighted by molar-refractivity contribution is 5.57. The third-order valence-electron chi connectivity index (χ3n) is 2.47. The largest absolute Gasteiger partial charge is 0.360 e. The van der Waals surface area contributed by atoms with Gasteiger partial charge in [0.25, 0.3) is 0 Å². The molecule has 4 nitrogen and oxygen atoms in total. The Hall–Kier alpha value is -1.55. The van der Waals surface area contributed by atoms with Gasteiger partial charge >= 0.3 is 0 Å². The maximum absolute atomic E-state index is 5.46. The summed E-state index contributed by atoms with van der Waals surface area (Å²) < 4.78 is 2.07. The highest BCUT2D eigenvalue weighted by atomic mass is 15.0. The summed E-state index contributed by atoms with van der Waals surface area (Å²) in [6.45, 7) is 3.73. The summed E-state index contributed by atoms with van der Waals surface area (Å²) in [6, 6.07) is 2.05. The monoisotopic (exact) mass is 204 g/mol. The number of nitrogens with two attached hydrogens (primary N) is 1. The lowest BCUT2D eigenvalue weighted by Gasteiger charge is -1.98. The molecule has 0 saturated heterocycles. The lowest BCUT2D eigenvalue weighted by molar-refractivity contribution is 0.650. The normalized spacial score (nSPS) is 10.8. The number of aromatic nitrogens is 3. The van der Waals surface area contributed by atoms with Crippen molar-refractivity contribution >= 4 is 0 Å². The SMILES string of the molecule is Cc1cc[nH]c1-c1cn(CCCN)cn1. The minimum absolute atomic E-state index is 0.717. The third kappa shape index (κ3) is 2.10. The predicted molar refractivity (Wildman–Crippen MR) is 60.4 cm³/mol. The van der Waals surface area contributed by atoms with E-state index in [-0.39, 0.29) is 0 Å². The van der Waals surface area contributed by atoms with Gasteiger partial charge in [0.05, 0.1) is 12.0 Å².